The van der Waals surface area contributed by atoms with Crippen molar-refractivity contribution in [2.24, 2.45) is 0 Å². The molecule has 2 aliphatic heterocycles. The SMILES string of the molecule is Cl.Cl.O=C(C1CCCN1)N1CCN(c2ccnc(-c3ccccc3)n2)CC1. The van der Waals surface area contributed by atoms with Crippen LogP contribution in [0.2, 0.25) is 0 Å². The largest absolute Gasteiger partial charge is 0.353 e. The van der Waals surface area contributed by atoms with Crippen LogP contribution in [0, 0.1) is 0 Å². The van der Waals surface area contributed by atoms with Crippen LogP contribution < -0.4 is 10.2 Å². The number of benzene rings is 1. The molecule has 27 heavy (non-hydrogen) atoms. The molecule has 0 saturated carbocycles. The fourth-order valence-corrected chi connectivity index (χ4v) is 3.52. The Kier molecular flexibility index (Phi) is 7.83. The van der Waals surface area contributed by atoms with Crippen LogP contribution in [0.15, 0.2) is 42.6 Å². The Hall–Kier alpha value is -1.89. The molecule has 1 N–H and O–H groups in total. The van der Waals surface area contributed by atoms with Crippen LogP contribution in [0.25, 0.3) is 11.4 Å². The number of piperazine rings is 1. The van der Waals surface area contributed by atoms with Gasteiger partial charge in [-0.05, 0) is 25.5 Å². The molecule has 1 aromatic carbocycles. The van der Waals surface area contributed by atoms with Crippen LogP contribution in [0.3, 0.4) is 0 Å². The first-order valence-electron chi connectivity index (χ1n) is 8.97. The van der Waals surface area contributed by atoms with Crippen molar-refractivity contribution in [3.8, 4) is 11.4 Å². The van der Waals surface area contributed by atoms with E-state index in [1.54, 1.807) is 0 Å². The van der Waals surface area contributed by atoms with Crippen LogP contribution >= 0.6 is 24.8 Å². The van der Waals surface area contributed by atoms with Crippen molar-refractivity contribution in [3.05, 3.63) is 42.6 Å². The van der Waals surface area contributed by atoms with E-state index >= 15 is 0 Å². The molecule has 2 aromatic rings. The second kappa shape index (κ2) is 9.88. The van der Waals surface area contributed by atoms with Crippen molar-refractivity contribution >= 4 is 36.5 Å². The van der Waals surface area contributed by atoms with Crippen LogP contribution in [0.5, 0.6) is 0 Å². The molecule has 3 heterocycles. The van der Waals surface area contributed by atoms with Crippen LogP contribution in [0.1, 0.15) is 12.8 Å². The molecule has 1 amide bonds. The van der Waals surface area contributed by atoms with Gasteiger partial charge in [0.1, 0.15) is 5.82 Å². The molecule has 6 nitrogen and oxygen atoms in total. The lowest BCUT2D eigenvalue weighted by atomic mass is 10.2. The fourth-order valence-electron chi connectivity index (χ4n) is 3.52. The first kappa shape index (κ1) is 21.4. The maximum Gasteiger partial charge on any atom is 0.239 e. The zero-order chi connectivity index (χ0) is 17.1. The third-order valence-electron chi connectivity index (χ3n) is 4.95. The zero-order valence-electron chi connectivity index (χ0n) is 15.1. The Bertz CT molecular complexity index is 732. The summed E-state index contributed by atoms with van der Waals surface area (Å²) < 4.78 is 0. The van der Waals surface area contributed by atoms with Crippen LogP contribution in [-0.4, -0.2) is 59.5 Å². The third-order valence-corrected chi connectivity index (χ3v) is 4.95. The number of carbonyl (C=O) groups excluding carboxylic acids is 1. The fraction of sp³-hybridized carbons (Fsp3) is 0.421. The van der Waals surface area contributed by atoms with E-state index in [2.05, 4.69) is 15.2 Å². The summed E-state index contributed by atoms with van der Waals surface area (Å²) in [5, 5.41) is 3.30. The maximum atomic E-state index is 12.5. The van der Waals surface area contributed by atoms with Gasteiger partial charge in [0.2, 0.25) is 5.91 Å². The smallest absolute Gasteiger partial charge is 0.239 e. The molecule has 0 aliphatic carbocycles. The zero-order valence-corrected chi connectivity index (χ0v) is 16.7. The highest BCUT2D eigenvalue weighted by Crippen LogP contribution is 2.19. The second-order valence-corrected chi connectivity index (χ2v) is 6.57. The molecule has 1 aromatic heterocycles. The van der Waals surface area contributed by atoms with Gasteiger partial charge in [0, 0.05) is 37.9 Å². The van der Waals surface area contributed by atoms with Crippen LogP contribution in [0.4, 0.5) is 5.82 Å². The van der Waals surface area contributed by atoms with E-state index in [4.69, 9.17) is 4.98 Å². The molecule has 4 rings (SSSR count). The number of rotatable bonds is 3. The number of amides is 1. The van der Waals surface area contributed by atoms with Crippen molar-refractivity contribution in [2.75, 3.05) is 37.6 Å². The number of hydrogen-bond donors (Lipinski definition) is 1. The molecule has 2 aliphatic rings. The highest BCUT2D eigenvalue weighted by Gasteiger charge is 2.29. The standard InChI is InChI=1S/C19H23N5O.2ClH/c25-19(16-7-4-9-20-16)24-13-11-23(12-14-24)17-8-10-21-18(22-17)15-5-2-1-3-6-15;;/h1-3,5-6,8,10,16,20H,4,7,9,11-14H2;2*1H. The topological polar surface area (TPSA) is 61.4 Å². The van der Waals surface area contributed by atoms with Gasteiger partial charge in [-0.1, -0.05) is 30.3 Å². The summed E-state index contributed by atoms with van der Waals surface area (Å²) in [5.41, 5.74) is 1.02. The number of halogens is 2. The van der Waals surface area contributed by atoms with Gasteiger partial charge in [0.05, 0.1) is 6.04 Å². The molecule has 0 spiro atoms. The number of anilines is 1. The minimum atomic E-state index is 0. The normalized spacial score (nSPS) is 19.2. The first-order chi connectivity index (χ1) is 12.3. The van der Waals surface area contributed by atoms with Crippen molar-refractivity contribution in [2.45, 2.75) is 18.9 Å². The van der Waals surface area contributed by atoms with Gasteiger partial charge in [-0.15, -0.1) is 24.8 Å². The van der Waals surface area contributed by atoms with E-state index in [0.29, 0.717) is 0 Å². The average Bonchev–Trinajstić information content (AvgIpc) is 3.23. The van der Waals surface area contributed by atoms with E-state index in [0.717, 1.165) is 62.8 Å². The summed E-state index contributed by atoms with van der Waals surface area (Å²) in [6, 6.07) is 12.0. The Morgan fingerprint density at radius 2 is 1.78 bits per heavy atom. The molecular weight excluding hydrogens is 385 g/mol. The van der Waals surface area contributed by atoms with Crippen molar-refractivity contribution in [1.29, 1.82) is 0 Å². The lowest BCUT2D eigenvalue weighted by molar-refractivity contribution is -0.133. The molecular formula is C19H25Cl2N5O. The lowest BCUT2D eigenvalue weighted by Gasteiger charge is -2.36. The van der Waals surface area contributed by atoms with Crippen molar-refractivity contribution in [3.63, 3.8) is 0 Å². The third kappa shape index (κ3) is 4.89. The summed E-state index contributed by atoms with van der Waals surface area (Å²) in [5.74, 6) is 1.93. The number of nitrogens with zero attached hydrogens (tertiary/aromatic N) is 4. The molecule has 146 valence electrons. The number of aromatic nitrogens is 2. The Morgan fingerprint density at radius 1 is 1.04 bits per heavy atom. The molecule has 2 fully saturated rings. The van der Waals surface area contributed by atoms with Gasteiger partial charge < -0.3 is 15.1 Å². The van der Waals surface area contributed by atoms with Crippen molar-refractivity contribution < 1.29 is 4.79 Å². The van der Waals surface area contributed by atoms with Gasteiger partial charge in [0.15, 0.2) is 5.82 Å². The molecule has 1 unspecified atom stereocenters. The monoisotopic (exact) mass is 409 g/mol. The minimum Gasteiger partial charge on any atom is -0.353 e. The maximum absolute atomic E-state index is 12.5. The highest BCUT2D eigenvalue weighted by molar-refractivity contribution is 5.85. The lowest BCUT2D eigenvalue weighted by Crippen LogP contribution is -2.53. The minimum absolute atomic E-state index is 0. The molecule has 2 saturated heterocycles. The number of carbonyl (C=O) groups is 1. The number of nitrogens with one attached hydrogen (secondary N) is 1. The van der Waals surface area contributed by atoms with Crippen molar-refractivity contribution in [1.82, 2.24) is 20.2 Å². The van der Waals surface area contributed by atoms with Gasteiger partial charge >= 0.3 is 0 Å². The van der Waals surface area contributed by atoms with Gasteiger partial charge in [-0.3, -0.25) is 4.79 Å². The average molecular weight is 410 g/mol. The summed E-state index contributed by atoms with van der Waals surface area (Å²) in [7, 11) is 0. The van der Waals surface area contributed by atoms with Gasteiger partial charge in [0.25, 0.3) is 0 Å². The quantitative estimate of drug-likeness (QED) is 0.842. The van der Waals surface area contributed by atoms with E-state index in [9.17, 15) is 4.79 Å². The van der Waals surface area contributed by atoms with E-state index < -0.39 is 0 Å². The first-order valence-corrected chi connectivity index (χ1v) is 8.97. The number of hydrogen-bond acceptors (Lipinski definition) is 5. The Labute approximate surface area is 172 Å². The van der Waals surface area contributed by atoms with Gasteiger partial charge in [-0.25, -0.2) is 9.97 Å². The summed E-state index contributed by atoms with van der Waals surface area (Å²) >= 11 is 0. The van der Waals surface area contributed by atoms with E-state index in [-0.39, 0.29) is 36.8 Å². The van der Waals surface area contributed by atoms with E-state index in [1.165, 1.54) is 0 Å². The molecule has 8 heteroatoms. The second-order valence-electron chi connectivity index (χ2n) is 6.57. The molecule has 1 atom stereocenters. The summed E-state index contributed by atoms with van der Waals surface area (Å²) in [6.45, 7) is 4.08. The summed E-state index contributed by atoms with van der Waals surface area (Å²) in [6.07, 6.45) is 3.87. The van der Waals surface area contributed by atoms with E-state index in [1.807, 2.05) is 47.5 Å². The van der Waals surface area contributed by atoms with Gasteiger partial charge in [-0.2, -0.15) is 0 Å². The van der Waals surface area contributed by atoms with Crippen LogP contribution in [-0.2, 0) is 4.79 Å². The Balaban J connectivity index is 0.00000131. The molecule has 0 radical (unpaired) electrons. The predicted octanol–water partition coefficient (Wildman–Crippen LogP) is 2.39. The summed E-state index contributed by atoms with van der Waals surface area (Å²) in [4.78, 5) is 25.8. The Morgan fingerprint density at radius 3 is 2.44 bits per heavy atom. The highest BCUT2D eigenvalue weighted by atomic mass is 35.5. The molecule has 0 bridgehead atoms. The predicted molar refractivity (Wildman–Crippen MR) is 112 cm³/mol.